The maximum atomic E-state index is 14.6. The topological polar surface area (TPSA) is 68.0 Å². The van der Waals surface area contributed by atoms with Crippen molar-refractivity contribution in [2.24, 2.45) is 4.99 Å². The number of halogens is 5. The molecule has 0 bridgehead atoms. The molecule has 1 N–H and O–H groups in total. The van der Waals surface area contributed by atoms with Gasteiger partial charge in [0.2, 0.25) is 0 Å². The normalized spacial score (nSPS) is 14.7. The summed E-state index contributed by atoms with van der Waals surface area (Å²) >= 11 is 0. The quantitative estimate of drug-likeness (QED) is 0.215. The molecule has 0 radical (unpaired) electrons. The molecule has 34 heavy (non-hydrogen) atoms. The first-order chi connectivity index (χ1) is 16.0. The van der Waals surface area contributed by atoms with Crippen LogP contribution in [0.1, 0.15) is 24.2 Å². The van der Waals surface area contributed by atoms with E-state index in [-0.39, 0.29) is 16.8 Å². The Morgan fingerprint density at radius 3 is 2.56 bits per heavy atom. The second-order valence-corrected chi connectivity index (χ2v) is 6.76. The molecule has 0 unspecified atom stereocenters. The van der Waals surface area contributed by atoms with Gasteiger partial charge < -0.3 is 14.5 Å². The van der Waals surface area contributed by atoms with E-state index < -0.39 is 35.7 Å². The van der Waals surface area contributed by atoms with Gasteiger partial charge in [-0.05, 0) is 50.4 Å². The number of imidazole rings is 1. The molecular formula is C23H21F5N4O2. The molecule has 0 saturated carbocycles. The Balaban J connectivity index is 2.43. The summed E-state index contributed by atoms with van der Waals surface area (Å²) in [7, 11) is 0. The molecule has 180 valence electrons. The molecule has 1 amide bonds. The number of amides is 1. The Kier molecular flexibility index (Phi) is 8.65. The monoisotopic (exact) mass is 480 g/mol. The minimum atomic E-state index is -5.14. The van der Waals surface area contributed by atoms with E-state index in [0.29, 0.717) is 11.7 Å². The van der Waals surface area contributed by atoms with Gasteiger partial charge in [0.1, 0.15) is 23.0 Å². The van der Waals surface area contributed by atoms with Gasteiger partial charge in [-0.2, -0.15) is 0 Å². The van der Waals surface area contributed by atoms with E-state index in [1.54, 1.807) is 23.6 Å². The Morgan fingerprint density at radius 2 is 1.97 bits per heavy atom. The molecule has 0 aromatic carbocycles. The number of hydrogen-bond donors (Lipinski definition) is 1. The molecule has 0 aliphatic heterocycles. The van der Waals surface area contributed by atoms with E-state index >= 15 is 0 Å². The van der Waals surface area contributed by atoms with Crippen LogP contribution in [-0.2, 0) is 4.74 Å². The number of allylic oxidation sites excluding steroid dienone is 5. The molecule has 2 aromatic heterocycles. The van der Waals surface area contributed by atoms with E-state index in [0.717, 1.165) is 19.1 Å². The van der Waals surface area contributed by atoms with Gasteiger partial charge in [0.15, 0.2) is 5.76 Å². The number of nitrogens with one attached hydrogen (secondary N) is 1. The molecule has 2 aromatic rings. The first kappa shape index (κ1) is 26.2. The number of carbonyl (C=O) groups excluding carboxylic acids is 1. The van der Waals surface area contributed by atoms with Crippen LogP contribution in [0.4, 0.5) is 22.0 Å². The van der Waals surface area contributed by atoms with Crippen LogP contribution < -0.4 is 5.32 Å². The Morgan fingerprint density at radius 1 is 1.26 bits per heavy atom. The number of alkyl halides is 3. The van der Waals surface area contributed by atoms with E-state index in [1.165, 1.54) is 24.5 Å². The minimum absolute atomic E-state index is 0.122. The van der Waals surface area contributed by atoms with E-state index in [4.69, 9.17) is 0 Å². The van der Waals surface area contributed by atoms with E-state index in [9.17, 15) is 26.7 Å². The molecule has 2 heterocycles. The van der Waals surface area contributed by atoms with Crippen LogP contribution in [0.3, 0.4) is 0 Å². The van der Waals surface area contributed by atoms with Gasteiger partial charge in [0.25, 0.3) is 5.91 Å². The number of nitrogens with zero attached hydrogens (tertiary/aromatic N) is 3. The summed E-state index contributed by atoms with van der Waals surface area (Å²) in [5.74, 6) is -3.93. The summed E-state index contributed by atoms with van der Waals surface area (Å²) < 4.78 is 71.0. The summed E-state index contributed by atoms with van der Waals surface area (Å²) in [6.07, 6.45) is 3.52. The molecular weight excluding hydrogens is 459 g/mol. The van der Waals surface area contributed by atoms with Crippen molar-refractivity contribution in [1.29, 1.82) is 0 Å². The fourth-order valence-electron chi connectivity index (χ4n) is 2.76. The van der Waals surface area contributed by atoms with Crippen LogP contribution >= 0.6 is 0 Å². The first-order valence-electron chi connectivity index (χ1n) is 9.68. The van der Waals surface area contributed by atoms with Crippen LogP contribution in [0.2, 0.25) is 0 Å². The average molecular weight is 480 g/mol. The van der Waals surface area contributed by atoms with Crippen molar-refractivity contribution >= 4 is 18.3 Å². The average Bonchev–Trinajstić information content (AvgIpc) is 3.23. The number of ether oxygens (including phenoxy) is 1. The molecule has 0 fully saturated rings. The van der Waals surface area contributed by atoms with Gasteiger partial charge in [-0.1, -0.05) is 18.7 Å². The van der Waals surface area contributed by atoms with Gasteiger partial charge in [-0.3, -0.25) is 9.79 Å². The van der Waals surface area contributed by atoms with Crippen molar-refractivity contribution in [2.45, 2.75) is 26.3 Å². The predicted octanol–water partition coefficient (Wildman–Crippen LogP) is 5.74. The smallest absolute Gasteiger partial charge is 0.403 e. The molecule has 0 spiro atoms. The number of aromatic nitrogens is 2. The maximum Gasteiger partial charge on any atom is 0.573 e. The Bertz CT molecular complexity index is 1200. The van der Waals surface area contributed by atoms with Gasteiger partial charge in [0.05, 0.1) is 11.6 Å². The van der Waals surface area contributed by atoms with Crippen molar-refractivity contribution in [2.75, 3.05) is 0 Å². The predicted molar refractivity (Wildman–Crippen MR) is 118 cm³/mol. The van der Waals surface area contributed by atoms with Crippen LogP contribution in [0.15, 0.2) is 95.3 Å². The number of carbonyl (C=O) groups is 1. The highest BCUT2D eigenvalue weighted by atomic mass is 19.4. The standard InChI is InChI=1S/C23H21F5N4O2/c1-5-6-17(25)21(29-4)20(14(2)7-9-18(15(3)24)34-23(26,27)28)31-22(33)16-8-10-19-30-11-12-32(19)13-16/h5-13,20H,2,4H2,1,3H3,(H,31,33)/b6-5-,9-7-,18-15-,21-17+/t20-/m0/s1. The fourth-order valence-corrected chi connectivity index (χ4v) is 2.76. The summed E-state index contributed by atoms with van der Waals surface area (Å²) in [6.45, 7) is 9.28. The fraction of sp³-hybridized carbons (Fsp3) is 0.174. The number of rotatable bonds is 9. The third kappa shape index (κ3) is 6.99. The van der Waals surface area contributed by atoms with Crippen LogP contribution in [-0.4, -0.2) is 34.4 Å². The molecule has 0 saturated heterocycles. The Hall–Kier alpha value is -4.02. The number of pyridine rings is 1. The third-order valence-electron chi connectivity index (χ3n) is 4.31. The molecule has 6 nitrogen and oxygen atoms in total. The summed E-state index contributed by atoms with van der Waals surface area (Å²) in [4.78, 5) is 20.6. The number of fused-ring (bicyclic) bond motifs is 1. The SMILES string of the molecule is C=N/C(=C(F)\C=C/C)[C@@H](NC(=O)c1ccc2nccn2c1)C(=C)/C=C\C(OC(F)(F)F)=C(/C)F. The van der Waals surface area contributed by atoms with Gasteiger partial charge >= 0.3 is 6.36 Å². The maximum absolute atomic E-state index is 14.6. The molecule has 1 atom stereocenters. The Labute approximate surface area is 192 Å². The van der Waals surface area contributed by atoms with Crippen molar-refractivity contribution in [1.82, 2.24) is 14.7 Å². The summed E-state index contributed by atoms with van der Waals surface area (Å²) in [6, 6.07) is 1.70. The molecule has 2 rings (SSSR count). The lowest BCUT2D eigenvalue weighted by atomic mass is 10.0. The van der Waals surface area contributed by atoms with Crippen molar-refractivity contribution in [3.05, 3.63) is 95.9 Å². The van der Waals surface area contributed by atoms with Crippen molar-refractivity contribution in [3.63, 3.8) is 0 Å². The van der Waals surface area contributed by atoms with Crippen LogP contribution in [0.5, 0.6) is 0 Å². The van der Waals surface area contributed by atoms with Gasteiger partial charge in [0, 0.05) is 18.6 Å². The summed E-state index contributed by atoms with van der Waals surface area (Å²) in [5.41, 5.74) is 0.272. The highest BCUT2D eigenvalue weighted by Gasteiger charge is 2.32. The van der Waals surface area contributed by atoms with Crippen molar-refractivity contribution < 1.29 is 31.5 Å². The molecule has 0 aliphatic carbocycles. The zero-order valence-electron chi connectivity index (χ0n) is 18.2. The zero-order chi connectivity index (χ0) is 25.5. The van der Waals surface area contributed by atoms with Gasteiger partial charge in [-0.25, -0.2) is 13.8 Å². The van der Waals surface area contributed by atoms with Crippen molar-refractivity contribution in [3.8, 4) is 0 Å². The molecule has 11 heteroatoms. The number of aliphatic imine (C=N–C) groups is 1. The highest BCUT2D eigenvalue weighted by Crippen LogP contribution is 2.25. The lowest BCUT2D eigenvalue weighted by molar-refractivity contribution is -0.304. The molecule has 0 aliphatic rings. The lowest BCUT2D eigenvalue weighted by Gasteiger charge is -2.20. The number of hydrogen-bond acceptors (Lipinski definition) is 4. The van der Waals surface area contributed by atoms with E-state index in [1.807, 2.05) is 0 Å². The minimum Gasteiger partial charge on any atom is -0.403 e. The second kappa shape index (κ2) is 11.2. The third-order valence-corrected chi connectivity index (χ3v) is 4.31. The highest BCUT2D eigenvalue weighted by molar-refractivity contribution is 5.95. The van der Waals surface area contributed by atoms with Gasteiger partial charge in [-0.15, -0.1) is 13.2 Å². The second-order valence-electron chi connectivity index (χ2n) is 6.76. The summed E-state index contributed by atoms with van der Waals surface area (Å²) in [5, 5.41) is 2.52. The van der Waals surface area contributed by atoms with E-state index in [2.05, 4.69) is 33.3 Å². The first-order valence-corrected chi connectivity index (χ1v) is 9.68. The largest absolute Gasteiger partial charge is 0.573 e. The van der Waals surface area contributed by atoms with Crippen LogP contribution in [0.25, 0.3) is 5.65 Å². The zero-order valence-corrected chi connectivity index (χ0v) is 18.2. The lowest BCUT2D eigenvalue weighted by Crippen LogP contribution is -2.37. The van der Waals surface area contributed by atoms with Crippen LogP contribution in [0, 0.1) is 0 Å².